The fraction of sp³-hybridized carbons (Fsp3) is 0.125. The molecule has 2 nitrogen and oxygen atoms in total. The first-order chi connectivity index (χ1) is 5.22. The lowest BCUT2D eigenvalue weighted by atomic mass is 10.2. The highest BCUT2D eigenvalue weighted by atomic mass is 79.9. The van der Waals surface area contributed by atoms with E-state index in [0.29, 0.717) is 16.7 Å². The molecule has 1 aromatic heterocycles. The number of halogens is 1. The Morgan fingerprint density at radius 2 is 2.45 bits per heavy atom. The quantitative estimate of drug-likeness (QED) is 0.706. The van der Waals surface area contributed by atoms with E-state index in [2.05, 4.69) is 22.5 Å². The van der Waals surface area contributed by atoms with Gasteiger partial charge in [0.25, 0.3) is 0 Å². The number of furan rings is 1. The lowest BCUT2D eigenvalue weighted by molar-refractivity contribution is 0.498. The Morgan fingerprint density at radius 1 is 1.73 bits per heavy atom. The SMILES string of the molecule is C=C(C#N)Cc1ccc(Br)o1. The van der Waals surface area contributed by atoms with Gasteiger partial charge in [-0.2, -0.15) is 5.26 Å². The molecule has 0 saturated carbocycles. The molecule has 0 aromatic carbocycles. The Balaban J connectivity index is 2.66. The van der Waals surface area contributed by atoms with Crippen molar-refractivity contribution in [2.45, 2.75) is 6.42 Å². The van der Waals surface area contributed by atoms with Gasteiger partial charge in [0.1, 0.15) is 5.76 Å². The van der Waals surface area contributed by atoms with Gasteiger partial charge in [-0.3, -0.25) is 0 Å². The summed E-state index contributed by atoms with van der Waals surface area (Å²) in [6.07, 6.45) is 0.488. The van der Waals surface area contributed by atoms with Gasteiger partial charge < -0.3 is 4.42 Å². The molecule has 0 N–H and O–H groups in total. The van der Waals surface area contributed by atoms with Crippen molar-refractivity contribution in [1.82, 2.24) is 0 Å². The van der Waals surface area contributed by atoms with Gasteiger partial charge in [-0.15, -0.1) is 0 Å². The molecule has 3 heteroatoms. The highest BCUT2D eigenvalue weighted by Gasteiger charge is 2.00. The molecule has 0 fully saturated rings. The lowest BCUT2D eigenvalue weighted by Crippen LogP contribution is -1.81. The molecule has 0 radical (unpaired) electrons. The topological polar surface area (TPSA) is 36.9 Å². The first kappa shape index (κ1) is 8.09. The number of nitrogens with zero attached hydrogens (tertiary/aromatic N) is 1. The fourth-order valence-corrected chi connectivity index (χ4v) is 1.04. The summed E-state index contributed by atoms with van der Waals surface area (Å²) in [5, 5.41) is 8.40. The molecular formula is C8H6BrNO. The van der Waals surface area contributed by atoms with Gasteiger partial charge in [0.15, 0.2) is 4.67 Å². The predicted octanol–water partition coefficient (Wildman–Crippen LogP) is 2.66. The Bertz CT molecular complexity index is 308. The third kappa shape index (κ3) is 2.24. The van der Waals surface area contributed by atoms with Crippen LogP contribution in [-0.2, 0) is 6.42 Å². The van der Waals surface area contributed by atoms with E-state index in [1.54, 1.807) is 6.07 Å². The molecule has 0 aliphatic heterocycles. The molecule has 0 bridgehead atoms. The zero-order valence-electron chi connectivity index (χ0n) is 5.80. The maximum absolute atomic E-state index is 8.40. The third-order valence-corrected chi connectivity index (χ3v) is 1.60. The highest BCUT2D eigenvalue weighted by Crippen LogP contribution is 2.15. The van der Waals surface area contributed by atoms with E-state index in [4.69, 9.17) is 9.68 Å². The second-order valence-electron chi connectivity index (χ2n) is 2.10. The molecular weight excluding hydrogens is 206 g/mol. The van der Waals surface area contributed by atoms with Gasteiger partial charge in [0, 0.05) is 12.0 Å². The number of allylic oxidation sites excluding steroid dienone is 1. The van der Waals surface area contributed by atoms with E-state index in [9.17, 15) is 0 Å². The van der Waals surface area contributed by atoms with Crippen LogP contribution in [0.1, 0.15) is 5.76 Å². The summed E-state index contributed by atoms with van der Waals surface area (Å²) >= 11 is 3.16. The van der Waals surface area contributed by atoms with Crippen molar-refractivity contribution in [3.8, 4) is 6.07 Å². The van der Waals surface area contributed by atoms with Crippen molar-refractivity contribution in [3.05, 3.63) is 34.7 Å². The summed E-state index contributed by atoms with van der Waals surface area (Å²) < 4.78 is 5.84. The number of rotatable bonds is 2. The minimum atomic E-state index is 0.488. The average molecular weight is 212 g/mol. The highest BCUT2D eigenvalue weighted by molar-refractivity contribution is 9.10. The van der Waals surface area contributed by atoms with Gasteiger partial charge in [-0.1, -0.05) is 6.58 Å². The standard InChI is InChI=1S/C8H6BrNO/c1-6(5-10)4-7-2-3-8(9)11-7/h2-3H,1,4H2. The van der Waals surface area contributed by atoms with Gasteiger partial charge in [0.2, 0.25) is 0 Å². The maximum atomic E-state index is 8.40. The molecule has 0 atom stereocenters. The Morgan fingerprint density at radius 3 is 2.91 bits per heavy atom. The van der Waals surface area contributed by atoms with Crippen molar-refractivity contribution in [2.75, 3.05) is 0 Å². The van der Waals surface area contributed by atoms with E-state index < -0.39 is 0 Å². The Hall–Kier alpha value is -1.01. The van der Waals surface area contributed by atoms with Crippen molar-refractivity contribution in [1.29, 1.82) is 5.26 Å². The summed E-state index contributed by atoms with van der Waals surface area (Å²) in [5.74, 6) is 0.753. The summed E-state index contributed by atoms with van der Waals surface area (Å²) in [5.41, 5.74) is 0.506. The van der Waals surface area contributed by atoms with Crippen LogP contribution in [0, 0.1) is 11.3 Å². The monoisotopic (exact) mass is 211 g/mol. The van der Waals surface area contributed by atoms with Crippen molar-refractivity contribution in [3.63, 3.8) is 0 Å². The average Bonchev–Trinajstić information content (AvgIpc) is 2.35. The van der Waals surface area contributed by atoms with Gasteiger partial charge in [-0.25, -0.2) is 0 Å². The minimum absolute atomic E-state index is 0.488. The van der Waals surface area contributed by atoms with E-state index in [-0.39, 0.29) is 0 Å². The zero-order valence-corrected chi connectivity index (χ0v) is 7.39. The minimum Gasteiger partial charge on any atom is -0.454 e. The number of nitriles is 1. The van der Waals surface area contributed by atoms with Crippen LogP contribution in [0.2, 0.25) is 0 Å². The lowest BCUT2D eigenvalue weighted by Gasteiger charge is -1.89. The number of hydrogen-bond acceptors (Lipinski definition) is 2. The zero-order chi connectivity index (χ0) is 8.27. The Labute approximate surface area is 73.3 Å². The summed E-state index contributed by atoms with van der Waals surface area (Å²) in [6.45, 7) is 3.54. The van der Waals surface area contributed by atoms with Gasteiger partial charge >= 0.3 is 0 Å². The molecule has 1 aromatic rings. The molecule has 0 saturated heterocycles. The van der Waals surface area contributed by atoms with E-state index in [0.717, 1.165) is 5.76 Å². The first-order valence-corrected chi connectivity index (χ1v) is 3.84. The fourth-order valence-electron chi connectivity index (χ4n) is 0.697. The largest absolute Gasteiger partial charge is 0.454 e. The molecule has 1 rings (SSSR count). The molecule has 56 valence electrons. The van der Waals surface area contributed by atoms with Crippen molar-refractivity contribution < 1.29 is 4.42 Å². The van der Waals surface area contributed by atoms with E-state index in [1.165, 1.54) is 0 Å². The van der Waals surface area contributed by atoms with E-state index in [1.807, 2.05) is 12.1 Å². The van der Waals surface area contributed by atoms with Crippen LogP contribution in [0.4, 0.5) is 0 Å². The molecule has 0 unspecified atom stereocenters. The van der Waals surface area contributed by atoms with Crippen molar-refractivity contribution >= 4 is 15.9 Å². The normalized spacial score (nSPS) is 9.09. The third-order valence-electron chi connectivity index (χ3n) is 1.17. The van der Waals surface area contributed by atoms with Crippen LogP contribution in [0.15, 0.2) is 33.4 Å². The van der Waals surface area contributed by atoms with Gasteiger partial charge in [0.05, 0.1) is 6.07 Å². The van der Waals surface area contributed by atoms with E-state index >= 15 is 0 Å². The first-order valence-electron chi connectivity index (χ1n) is 3.04. The summed E-state index contributed by atoms with van der Waals surface area (Å²) in [4.78, 5) is 0. The summed E-state index contributed by atoms with van der Waals surface area (Å²) in [6, 6.07) is 5.56. The second-order valence-corrected chi connectivity index (χ2v) is 2.88. The molecule has 0 spiro atoms. The van der Waals surface area contributed by atoms with Gasteiger partial charge in [-0.05, 0) is 28.1 Å². The van der Waals surface area contributed by atoms with Crippen LogP contribution < -0.4 is 0 Å². The smallest absolute Gasteiger partial charge is 0.169 e. The van der Waals surface area contributed by atoms with Crippen LogP contribution in [0.3, 0.4) is 0 Å². The molecule has 0 aliphatic carbocycles. The van der Waals surface area contributed by atoms with Crippen LogP contribution in [-0.4, -0.2) is 0 Å². The van der Waals surface area contributed by atoms with Crippen LogP contribution in [0.25, 0.3) is 0 Å². The number of hydrogen-bond donors (Lipinski definition) is 0. The molecule has 11 heavy (non-hydrogen) atoms. The maximum Gasteiger partial charge on any atom is 0.169 e. The predicted molar refractivity (Wildman–Crippen MR) is 44.9 cm³/mol. The van der Waals surface area contributed by atoms with Crippen LogP contribution in [0.5, 0.6) is 0 Å². The summed E-state index contributed by atoms with van der Waals surface area (Å²) in [7, 11) is 0. The second kappa shape index (κ2) is 3.40. The van der Waals surface area contributed by atoms with Crippen LogP contribution >= 0.6 is 15.9 Å². The Kier molecular flexibility index (Phi) is 2.50. The molecule has 0 aliphatic rings. The van der Waals surface area contributed by atoms with Crippen molar-refractivity contribution in [2.24, 2.45) is 0 Å². The molecule has 1 heterocycles. The molecule has 0 amide bonds.